The smallest absolute Gasteiger partial charge is 0.159 e. The van der Waals surface area contributed by atoms with Crippen LogP contribution in [0.4, 0.5) is 0 Å². The lowest BCUT2D eigenvalue weighted by Gasteiger charge is -2.28. The summed E-state index contributed by atoms with van der Waals surface area (Å²) in [5.74, 6) is 1.30. The standard InChI is InChI=1S/C15H23ClN2O/c1-4-12-10(2)14(16)18-15(17-12)13(19-3)11-8-6-5-7-9-11/h11,13H,4-9H2,1-3H3. The topological polar surface area (TPSA) is 35.0 Å². The first-order chi connectivity index (χ1) is 9.17. The van der Waals surface area contributed by atoms with Crippen LogP contribution in [0.25, 0.3) is 0 Å². The van der Waals surface area contributed by atoms with Gasteiger partial charge in [-0.05, 0) is 32.1 Å². The summed E-state index contributed by atoms with van der Waals surface area (Å²) in [5, 5.41) is 0.569. The van der Waals surface area contributed by atoms with Gasteiger partial charge in [-0.15, -0.1) is 0 Å². The molecule has 1 aliphatic carbocycles. The normalized spacial score (nSPS) is 18.5. The second-order valence-electron chi connectivity index (χ2n) is 5.35. The van der Waals surface area contributed by atoms with Gasteiger partial charge >= 0.3 is 0 Å². The first kappa shape index (κ1) is 14.7. The molecule has 4 heteroatoms. The molecule has 1 unspecified atom stereocenters. The predicted molar refractivity (Wildman–Crippen MR) is 77.5 cm³/mol. The number of methoxy groups -OCH3 is 1. The van der Waals surface area contributed by atoms with E-state index in [0.29, 0.717) is 11.1 Å². The van der Waals surface area contributed by atoms with Crippen LogP contribution in [0, 0.1) is 12.8 Å². The molecule has 1 heterocycles. The molecular weight excluding hydrogens is 260 g/mol. The minimum Gasteiger partial charge on any atom is -0.373 e. The van der Waals surface area contributed by atoms with Crippen LogP contribution in [0.1, 0.15) is 62.2 Å². The summed E-state index contributed by atoms with van der Waals surface area (Å²) in [6, 6.07) is 0. The Labute approximate surface area is 120 Å². The van der Waals surface area contributed by atoms with Crippen molar-refractivity contribution in [3.63, 3.8) is 0 Å². The molecule has 106 valence electrons. The van der Waals surface area contributed by atoms with Gasteiger partial charge in [0.15, 0.2) is 5.82 Å². The van der Waals surface area contributed by atoms with Crippen molar-refractivity contribution in [3.8, 4) is 0 Å². The summed E-state index contributed by atoms with van der Waals surface area (Å²) in [7, 11) is 1.75. The van der Waals surface area contributed by atoms with E-state index in [1.54, 1.807) is 7.11 Å². The third-order valence-corrected chi connectivity index (χ3v) is 4.49. The van der Waals surface area contributed by atoms with Crippen molar-refractivity contribution in [1.29, 1.82) is 0 Å². The Balaban J connectivity index is 2.29. The zero-order valence-corrected chi connectivity index (χ0v) is 12.8. The first-order valence-electron chi connectivity index (χ1n) is 7.23. The van der Waals surface area contributed by atoms with Crippen molar-refractivity contribution in [3.05, 3.63) is 22.2 Å². The van der Waals surface area contributed by atoms with Crippen LogP contribution in [0.3, 0.4) is 0 Å². The lowest BCUT2D eigenvalue weighted by molar-refractivity contribution is 0.0287. The molecule has 1 atom stereocenters. The maximum absolute atomic E-state index is 6.23. The summed E-state index contributed by atoms with van der Waals surface area (Å²) in [6.07, 6.45) is 7.17. The van der Waals surface area contributed by atoms with Crippen LogP contribution in [0.5, 0.6) is 0 Å². The van der Waals surface area contributed by atoms with Crippen LogP contribution in [-0.2, 0) is 11.2 Å². The number of ether oxygens (including phenoxy) is 1. The predicted octanol–water partition coefficient (Wildman–Crippen LogP) is 4.27. The zero-order chi connectivity index (χ0) is 13.8. The van der Waals surface area contributed by atoms with E-state index in [9.17, 15) is 0 Å². The van der Waals surface area contributed by atoms with Gasteiger partial charge in [-0.3, -0.25) is 0 Å². The average molecular weight is 283 g/mol. The van der Waals surface area contributed by atoms with E-state index in [-0.39, 0.29) is 6.10 Å². The number of hydrogen-bond acceptors (Lipinski definition) is 3. The first-order valence-corrected chi connectivity index (χ1v) is 7.60. The molecule has 0 saturated heterocycles. The molecule has 0 spiro atoms. The van der Waals surface area contributed by atoms with Crippen LogP contribution in [0.2, 0.25) is 5.15 Å². The van der Waals surface area contributed by atoms with E-state index >= 15 is 0 Å². The lowest BCUT2D eigenvalue weighted by Crippen LogP contribution is -2.21. The fourth-order valence-electron chi connectivity index (χ4n) is 2.97. The molecule has 0 bridgehead atoms. The summed E-state index contributed by atoms with van der Waals surface area (Å²) < 4.78 is 5.69. The Hall–Kier alpha value is -0.670. The second-order valence-corrected chi connectivity index (χ2v) is 5.71. The molecule has 1 saturated carbocycles. The Morgan fingerprint density at radius 2 is 1.95 bits per heavy atom. The molecule has 1 aromatic rings. The van der Waals surface area contributed by atoms with Gasteiger partial charge in [0.25, 0.3) is 0 Å². The van der Waals surface area contributed by atoms with Gasteiger partial charge in [0.1, 0.15) is 11.3 Å². The molecule has 2 rings (SSSR count). The molecule has 0 aliphatic heterocycles. The largest absolute Gasteiger partial charge is 0.373 e. The fraction of sp³-hybridized carbons (Fsp3) is 0.733. The quantitative estimate of drug-likeness (QED) is 0.774. The highest BCUT2D eigenvalue weighted by molar-refractivity contribution is 6.30. The van der Waals surface area contributed by atoms with Crippen LogP contribution in [-0.4, -0.2) is 17.1 Å². The SMILES string of the molecule is CCc1nc(C(OC)C2CCCCC2)nc(Cl)c1C. The van der Waals surface area contributed by atoms with Crippen LogP contribution < -0.4 is 0 Å². The van der Waals surface area contributed by atoms with E-state index in [2.05, 4.69) is 16.9 Å². The molecule has 1 aromatic heterocycles. The van der Waals surface area contributed by atoms with E-state index in [0.717, 1.165) is 23.5 Å². The van der Waals surface area contributed by atoms with Gasteiger partial charge in [0, 0.05) is 18.4 Å². The average Bonchev–Trinajstić information content (AvgIpc) is 2.44. The Kier molecular flexibility index (Phi) is 5.17. The number of halogens is 1. The van der Waals surface area contributed by atoms with Crippen molar-refractivity contribution in [2.45, 2.75) is 58.5 Å². The minimum absolute atomic E-state index is 0.0105. The van der Waals surface area contributed by atoms with E-state index in [4.69, 9.17) is 16.3 Å². The maximum Gasteiger partial charge on any atom is 0.159 e. The molecule has 3 nitrogen and oxygen atoms in total. The monoisotopic (exact) mass is 282 g/mol. The molecular formula is C15H23ClN2O. The van der Waals surface area contributed by atoms with E-state index in [1.165, 1.54) is 32.1 Å². The van der Waals surface area contributed by atoms with E-state index < -0.39 is 0 Å². The summed E-state index contributed by atoms with van der Waals surface area (Å²) in [6.45, 7) is 4.07. The van der Waals surface area contributed by atoms with Gasteiger partial charge in [-0.1, -0.05) is 37.8 Å². The molecule has 1 fully saturated rings. The number of rotatable bonds is 4. The van der Waals surface area contributed by atoms with Crippen molar-refractivity contribution < 1.29 is 4.74 Å². The molecule has 19 heavy (non-hydrogen) atoms. The third kappa shape index (κ3) is 3.26. The highest BCUT2D eigenvalue weighted by atomic mass is 35.5. The fourth-order valence-corrected chi connectivity index (χ4v) is 3.16. The Morgan fingerprint density at radius 3 is 2.53 bits per heavy atom. The number of hydrogen-bond donors (Lipinski definition) is 0. The number of aryl methyl sites for hydroxylation is 1. The van der Waals surface area contributed by atoms with Gasteiger partial charge < -0.3 is 4.74 Å². The van der Waals surface area contributed by atoms with Crippen LogP contribution >= 0.6 is 11.6 Å². The summed E-state index contributed by atoms with van der Waals surface area (Å²) in [4.78, 5) is 9.13. The maximum atomic E-state index is 6.23. The van der Waals surface area contributed by atoms with Crippen LogP contribution in [0.15, 0.2) is 0 Å². The van der Waals surface area contributed by atoms with Crippen molar-refractivity contribution in [2.75, 3.05) is 7.11 Å². The lowest BCUT2D eigenvalue weighted by atomic mass is 9.85. The number of aromatic nitrogens is 2. The highest BCUT2D eigenvalue weighted by Crippen LogP contribution is 2.35. The van der Waals surface area contributed by atoms with Gasteiger partial charge in [-0.2, -0.15) is 0 Å². The van der Waals surface area contributed by atoms with Gasteiger partial charge in [-0.25, -0.2) is 9.97 Å². The molecule has 0 amide bonds. The number of nitrogens with zero attached hydrogens (tertiary/aromatic N) is 2. The summed E-state index contributed by atoms with van der Waals surface area (Å²) in [5.41, 5.74) is 2.03. The van der Waals surface area contributed by atoms with Gasteiger partial charge in [0.05, 0.1) is 0 Å². The Morgan fingerprint density at radius 1 is 1.26 bits per heavy atom. The molecule has 0 N–H and O–H groups in total. The third-order valence-electron chi connectivity index (χ3n) is 4.13. The van der Waals surface area contributed by atoms with Gasteiger partial charge in [0.2, 0.25) is 0 Å². The molecule has 0 aromatic carbocycles. The van der Waals surface area contributed by atoms with E-state index in [1.807, 2.05) is 6.92 Å². The Bertz CT molecular complexity index is 430. The van der Waals surface area contributed by atoms with Crippen molar-refractivity contribution >= 4 is 11.6 Å². The second kappa shape index (κ2) is 6.67. The molecule has 0 radical (unpaired) electrons. The van der Waals surface area contributed by atoms with Crippen molar-refractivity contribution in [1.82, 2.24) is 9.97 Å². The van der Waals surface area contributed by atoms with Crippen molar-refractivity contribution in [2.24, 2.45) is 5.92 Å². The highest BCUT2D eigenvalue weighted by Gasteiger charge is 2.28. The summed E-state index contributed by atoms with van der Waals surface area (Å²) >= 11 is 6.23. The zero-order valence-electron chi connectivity index (χ0n) is 12.1. The molecule has 1 aliphatic rings. The minimum atomic E-state index is -0.0105.